The van der Waals surface area contributed by atoms with Gasteiger partial charge in [0.15, 0.2) is 0 Å². The van der Waals surface area contributed by atoms with E-state index in [-0.39, 0.29) is 0 Å². The predicted octanol–water partition coefficient (Wildman–Crippen LogP) is 1.07. The summed E-state index contributed by atoms with van der Waals surface area (Å²) in [7, 11) is 0. The normalized spacial score (nSPS) is 18.1. The molecule has 0 aromatic carbocycles. The Morgan fingerprint density at radius 3 is 2.61 bits per heavy atom. The van der Waals surface area contributed by atoms with E-state index in [1.165, 1.54) is 44.7 Å². The monoisotopic (exact) mass is 248 g/mol. The van der Waals surface area contributed by atoms with E-state index in [0.717, 1.165) is 12.2 Å². The van der Waals surface area contributed by atoms with Gasteiger partial charge in [-0.3, -0.25) is 9.88 Å². The lowest BCUT2D eigenvalue weighted by molar-refractivity contribution is 0.127. The van der Waals surface area contributed by atoms with Crippen LogP contribution in [0.5, 0.6) is 0 Å². The number of piperazine rings is 1. The minimum Gasteiger partial charge on any atom is -0.325 e. The van der Waals surface area contributed by atoms with Gasteiger partial charge >= 0.3 is 0 Å². The summed E-state index contributed by atoms with van der Waals surface area (Å²) in [6, 6.07) is 4.22. The van der Waals surface area contributed by atoms with Crippen molar-refractivity contribution in [1.82, 2.24) is 14.8 Å². The fourth-order valence-electron chi connectivity index (χ4n) is 2.48. The maximum Gasteiger partial charge on any atom is 0.0542 e. The first-order valence-corrected chi connectivity index (χ1v) is 6.90. The van der Waals surface area contributed by atoms with Gasteiger partial charge in [0.2, 0.25) is 0 Å². The highest BCUT2D eigenvalue weighted by atomic mass is 15.3. The molecule has 18 heavy (non-hydrogen) atoms. The summed E-state index contributed by atoms with van der Waals surface area (Å²) in [6.45, 7) is 9.76. The van der Waals surface area contributed by atoms with Gasteiger partial charge in [-0.25, -0.2) is 0 Å². The molecular formula is C14H24N4. The Bertz CT molecular complexity index is 359. The van der Waals surface area contributed by atoms with Crippen molar-refractivity contribution in [2.45, 2.75) is 26.4 Å². The lowest BCUT2D eigenvalue weighted by atomic mass is 10.2. The van der Waals surface area contributed by atoms with Crippen molar-refractivity contribution < 1.29 is 0 Å². The smallest absolute Gasteiger partial charge is 0.0542 e. The molecule has 1 aliphatic rings. The van der Waals surface area contributed by atoms with Crippen molar-refractivity contribution >= 4 is 0 Å². The first-order valence-electron chi connectivity index (χ1n) is 6.90. The molecule has 1 saturated heterocycles. The standard InChI is InChI=1S/C14H24N4/c1-2-5-17-6-8-18(9-7-17)12-13-3-4-16-14(10-13)11-15/h3-4,10H,2,5-9,11-12,15H2,1H3. The predicted molar refractivity (Wildman–Crippen MR) is 74.1 cm³/mol. The minimum absolute atomic E-state index is 0.526. The van der Waals surface area contributed by atoms with Crippen molar-refractivity contribution in [3.05, 3.63) is 29.6 Å². The summed E-state index contributed by atoms with van der Waals surface area (Å²) in [5, 5.41) is 0. The molecule has 1 aromatic heterocycles. The van der Waals surface area contributed by atoms with Crippen molar-refractivity contribution in [2.24, 2.45) is 5.73 Å². The van der Waals surface area contributed by atoms with E-state index in [0.29, 0.717) is 6.54 Å². The molecule has 0 unspecified atom stereocenters. The molecule has 0 spiro atoms. The molecule has 0 saturated carbocycles. The Morgan fingerprint density at radius 1 is 1.22 bits per heavy atom. The van der Waals surface area contributed by atoms with Crippen LogP contribution in [-0.2, 0) is 13.1 Å². The maximum absolute atomic E-state index is 5.62. The summed E-state index contributed by atoms with van der Waals surface area (Å²) in [5.74, 6) is 0. The molecule has 0 aliphatic carbocycles. The van der Waals surface area contributed by atoms with E-state index in [9.17, 15) is 0 Å². The highest BCUT2D eigenvalue weighted by molar-refractivity contribution is 5.16. The third-order valence-electron chi connectivity index (χ3n) is 3.50. The quantitative estimate of drug-likeness (QED) is 0.846. The zero-order chi connectivity index (χ0) is 12.8. The van der Waals surface area contributed by atoms with Gasteiger partial charge in [-0.15, -0.1) is 0 Å². The molecule has 0 atom stereocenters. The molecule has 2 N–H and O–H groups in total. The molecule has 2 rings (SSSR count). The maximum atomic E-state index is 5.62. The van der Waals surface area contributed by atoms with Gasteiger partial charge in [0.05, 0.1) is 5.69 Å². The van der Waals surface area contributed by atoms with Crippen LogP contribution < -0.4 is 5.73 Å². The van der Waals surface area contributed by atoms with E-state index in [4.69, 9.17) is 5.73 Å². The van der Waals surface area contributed by atoms with Crippen LogP contribution in [0.25, 0.3) is 0 Å². The van der Waals surface area contributed by atoms with Gasteiger partial charge in [-0.1, -0.05) is 6.92 Å². The number of hydrogen-bond acceptors (Lipinski definition) is 4. The van der Waals surface area contributed by atoms with E-state index in [1.54, 1.807) is 0 Å². The van der Waals surface area contributed by atoms with Gasteiger partial charge < -0.3 is 10.6 Å². The van der Waals surface area contributed by atoms with Gasteiger partial charge in [0.25, 0.3) is 0 Å². The molecule has 1 aliphatic heterocycles. The fourth-order valence-corrected chi connectivity index (χ4v) is 2.48. The largest absolute Gasteiger partial charge is 0.325 e. The molecule has 0 radical (unpaired) electrons. The van der Waals surface area contributed by atoms with Crippen molar-refractivity contribution in [3.8, 4) is 0 Å². The molecule has 4 nitrogen and oxygen atoms in total. The van der Waals surface area contributed by atoms with E-state index >= 15 is 0 Å². The summed E-state index contributed by atoms with van der Waals surface area (Å²) in [5.41, 5.74) is 7.93. The van der Waals surface area contributed by atoms with Gasteiger partial charge in [0.1, 0.15) is 0 Å². The first kappa shape index (κ1) is 13.5. The van der Waals surface area contributed by atoms with Crippen molar-refractivity contribution in [2.75, 3.05) is 32.7 Å². The van der Waals surface area contributed by atoms with Crippen LogP contribution in [0.15, 0.2) is 18.3 Å². The fraction of sp³-hybridized carbons (Fsp3) is 0.643. The SMILES string of the molecule is CCCN1CCN(Cc2ccnc(CN)c2)CC1. The lowest BCUT2D eigenvalue weighted by Crippen LogP contribution is -2.45. The van der Waals surface area contributed by atoms with Crippen LogP contribution in [0.2, 0.25) is 0 Å². The minimum atomic E-state index is 0.526. The van der Waals surface area contributed by atoms with Crippen LogP contribution in [0.3, 0.4) is 0 Å². The second-order valence-electron chi connectivity index (χ2n) is 4.98. The third-order valence-corrected chi connectivity index (χ3v) is 3.50. The number of hydrogen-bond donors (Lipinski definition) is 1. The summed E-state index contributed by atoms with van der Waals surface area (Å²) < 4.78 is 0. The Balaban J connectivity index is 1.83. The Morgan fingerprint density at radius 2 is 1.94 bits per heavy atom. The first-order chi connectivity index (χ1) is 8.81. The second kappa shape index (κ2) is 6.83. The molecule has 1 fully saturated rings. The van der Waals surface area contributed by atoms with Gasteiger partial charge in [0, 0.05) is 45.5 Å². The average molecular weight is 248 g/mol. The van der Waals surface area contributed by atoms with Crippen LogP contribution in [-0.4, -0.2) is 47.5 Å². The summed E-state index contributed by atoms with van der Waals surface area (Å²) in [4.78, 5) is 9.30. The summed E-state index contributed by atoms with van der Waals surface area (Å²) >= 11 is 0. The third kappa shape index (κ3) is 3.77. The number of nitrogens with two attached hydrogens (primary N) is 1. The van der Waals surface area contributed by atoms with Crippen LogP contribution in [0, 0.1) is 0 Å². The molecule has 2 heterocycles. The topological polar surface area (TPSA) is 45.4 Å². The van der Waals surface area contributed by atoms with Crippen molar-refractivity contribution in [1.29, 1.82) is 0 Å². The second-order valence-corrected chi connectivity index (χ2v) is 4.98. The number of pyridine rings is 1. The van der Waals surface area contributed by atoms with Crippen LogP contribution >= 0.6 is 0 Å². The number of nitrogens with zero attached hydrogens (tertiary/aromatic N) is 3. The molecule has 0 amide bonds. The molecular weight excluding hydrogens is 224 g/mol. The Kier molecular flexibility index (Phi) is 5.11. The average Bonchev–Trinajstić information content (AvgIpc) is 2.42. The van der Waals surface area contributed by atoms with Crippen LogP contribution in [0.1, 0.15) is 24.6 Å². The number of aromatic nitrogens is 1. The van der Waals surface area contributed by atoms with Crippen molar-refractivity contribution in [3.63, 3.8) is 0 Å². The Hall–Kier alpha value is -0.970. The Labute approximate surface area is 110 Å². The van der Waals surface area contributed by atoms with Crippen LogP contribution in [0.4, 0.5) is 0 Å². The van der Waals surface area contributed by atoms with Gasteiger partial charge in [-0.05, 0) is 30.7 Å². The zero-order valence-corrected chi connectivity index (χ0v) is 11.3. The zero-order valence-electron chi connectivity index (χ0n) is 11.3. The molecule has 1 aromatic rings. The van der Waals surface area contributed by atoms with E-state index in [2.05, 4.69) is 33.8 Å². The summed E-state index contributed by atoms with van der Waals surface area (Å²) in [6.07, 6.45) is 3.12. The molecule has 100 valence electrons. The van der Waals surface area contributed by atoms with E-state index < -0.39 is 0 Å². The highest BCUT2D eigenvalue weighted by Crippen LogP contribution is 2.09. The molecule has 4 heteroatoms. The molecule has 0 bridgehead atoms. The van der Waals surface area contributed by atoms with E-state index in [1.807, 2.05) is 6.20 Å². The lowest BCUT2D eigenvalue weighted by Gasteiger charge is -2.34. The number of rotatable bonds is 5. The highest BCUT2D eigenvalue weighted by Gasteiger charge is 2.15. The van der Waals surface area contributed by atoms with Gasteiger partial charge in [-0.2, -0.15) is 0 Å².